The average Bonchev–Trinajstić information content (AvgIpc) is 2.47. The molecule has 0 aliphatic rings. The van der Waals surface area contributed by atoms with Crippen LogP contribution in [0.3, 0.4) is 0 Å². The van der Waals surface area contributed by atoms with Gasteiger partial charge in [-0.1, -0.05) is 0 Å². The molecular weight excluding hydrogens is 236 g/mol. The van der Waals surface area contributed by atoms with Crippen molar-refractivity contribution in [3.05, 3.63) is 6.33 Å². The van der Waals surface area contributed by atoms with Crippen LogP contribution in [0.1, 0.15) is 13.8 Å². The molecule has 1 aromatic rings. The number of nitrogens with zero attached hydrogens (tertiary/aromatic N) is 2. The minimum absolute atomic E-state index is 0.454. The number of sulfonamides is 1. The van der Waals surface area contributed by atoms with Crippen molar-refractivity contribution in [2.24, 2.45) is 0 Å². The second kappa shape index (κ2) is 4.42. The molecule has 0 bridgehead atoms. The van der Waals surface area contributed by atoms with Gasteiger partial charge in [-0.15, -0.1) is 0 Å². The fraction of sp³-hybridized carbons (Fsp3) is 0.714. The zero-order chi connectivity index (χ0) is 11.5. The summed E-state index contributed by atoms with van der Waals surface area (Å²) in [5.74, 6) is 0. The Morgan fingerprint density at radius 1 is 1.53 bits per heavy atom. The monoisotopic (exact) mass is 250 g/mol. The molecule has 0 atom stereocenters. The Labute approximate surface area is 93.3 Å². The van der Waals surface area contributed by atoms with E-state index in [4.69, 9.17) is 0 Å². The maximum Gasteiger partial charge on any atom is 0.209 e. The summed E-state index contributed by atoms with van der Waals surface area (Å²) in [5.41, 5.74) is -0.556. The normalized spacial score (nSPS) is 12.7. The van der Waals surface area contributed by atoms with Crippen molar-refractivity contribution in [1.82, 2.24) is 14.1 Å². The summed E-state index contributed by atoms with van der Waals surface area (Å²) in [6, 6.07) is 0. The number of anilines is 1. The Balaban J connectivity index is 2.50. The summed E-state index contributed by atoms with van der Waals surface area (Å²) in [6.07, 6.45) is 2.59. The van der Waals surface area contributed by atoms with Crippen LogP contribution in [0, 0.1) is 0 Å². The van der Waals surface area contributed by atoms with E-state index in [1.807, 2.05) is 0 Å². The molecule has 0 saturated heterocycles. The largest absolute Gasteiger partial charge is 0.358 e. The Hall–Kier alpha value is -0.730. The third-order valence-corrected chi connectivity index (χ3v) is 3.05. The smallest absolute Gasteiger partial charge is 0.209 e. The van der Waals surface area contributed by atoms with Crippen LogP contribution in [0.4, 0.5) is 5.13 Å². The summed E-state index contributed by atoms with van der Waals surface area (Å²) in [6.45, 7) is 4.04. The minimum Gasteiger partial charge on any atom is -0.358 e. The molecule has 15 heavy (non-hydrogen) atoms. The van der Waals surface area contributed by atoms with Gasteiger partial charge in [0.15, 0.2) is 0 Å². The number of nitrogens with one attached hydrogen (secondary N) is 2. The first kappa shape index (κ1) is 12.3. The number of rotatable bonds is 5. The van der Waals surface area contributed by atoms with E-state index in [2.05, 4.69) is 19.4 Å². The van der Waals surface area contributed by atoms with E-state index in [1.54, 1.807) is 13.8 Å². The van der Waals surface area contributed by atoms with E-state index < -0.39 is 15.6 Å². The van der Waals surface area contributed by atoms with Crippen LogP contribution in [0.5, 0.6) is 0 Å². The molecule has 2 N–H and O–H groups in total. The molecule has 1 aromatic heterocycles. The number of hydrogen-bond acceptors (Lipinski definition) is 6. The lowest BCUT2D eigenvalue weighted by atomic mass is 10.1. The van der Waals surface area contributed by atoms with E-state index in [1.165, 1.54) is 17.9 Å². The van der Waals surface area contributed by atoms with Gasteiger partial charge >= 0.3 is 0 Å². The second-order valence-corrected chi connectivity index (χ2v) is 6.39. The average molecular weight is 250 g/mol. The fourth-order valence-electron chi connectivity index (χ4n) is 1.09. The van der Waals surface area contributed by atoms with E-state index in [-0.39, 0.29) is 0 Å². The van der Waals surface area contributed by atoms with Crippen LogP contribution in [0.2, 0.25) is 0 Å². The maximum absolute atomic E-state index is 11.0. The SMILES string of the molecule is CC(C)(CNc1ncns1)NS(C)(=O)=O. The first-order valence-corrected chi connectivity index (χ1v) is 6.94. The summed E-state index contributed by atoms with van der Waals surface area (Å²) in [5, 5.41) is 3.68. The molecule has 0 aliphatic heterocycles. The molecule has 0 spiro atoms. The molecule has 1 heterocycles. The van der Waals surface area contributed by atoms with Gasteiger partial charge in [0.25, 0.3) is 0 Å². The van der Waals surface area contributed by atoms with E-state index >= 15 is 0 Å². The lowest BCUT2D eigenvalue weighted by Crippen LogP contribution is -2.47. The van der Waals surface area contributed by atoms with Crippen LogP contribution in [-0.2, 0) is 10.0 Å². The minimum atomic E-state index is -3.20. The Morgan fingerprint density at radius 3 is 2.67 bits per heavy atom. The van der Waals surface area contributed by atoms with Gasteiger partial charge in [-0.3, -0.25) is 0 Å². The summed E-state index contributed by atoms with van der Waals surface area (Å²) in [4.78, 5) is 3.93. The van der Waals surface area contributed by atoms with Crippen molar-refractivity contribution in [2.75, 3.05) is 18.1 Å². The van der Waals surface area contributed by atoms with Gasteiger partial charge < -0.3 is 5.32 Å². The fourth-order valence-corrected chi connectivity index (χ4v) is 2.59. The first-order valence-electron chi connectivity index (χ1n) is 4.28. The second-order valence-electron chi connectivity index (χ2n) is 3.86. The Kier molecular flexibility index (Phi) is 3.63. The topological polar surface area (TPSA) is 84.0 Å². The first-order chi connectivity index (χ1) is 6.79. The Morgan fingerprint density at radius 2 is 2.20 bits per heavy atom. The van der Waals surface area contributed by atoms with Gasteiger partial charge in [0.2, 0.25) is 15.2 Å². The van der Waals surface area contributed by atoms with Crippen molar-refractivity contribution < 1.29 is 8.42 Å². The van der Waals surface area contributed by atoms with Crippen LogP contribution in [0.25, 0.3) is 0 Å². The summed E-state index contributed by atoms with van der Waals surface area (Å²) < 4.78 is 28.4. The highest BCUT2D eigenvalue weighted by atomic mass is 32.2. The van der Waals surface area contributed by atoms with Gasteiger partial charge in [-0.2, -0.15) is 4.37 Å². The number of aromatic nitrogens is 2. The van der Waals surface area contributed by atoms with Crippen LogP contribution in [-0.4, -0.2) is 36.1 Å². The predicted octanol–water partition coefficient (Wildman–Crippen LogP) is 0.278. The molecule has 86 valence electrons. The van der Waals surface area contributed by atoms with Gasteiger partial charge in [-0.25, -0.2) is 18.1 Å². The van der Waals surface area contributed by atoms with Crippen molar-refractivity contribution in [2.45, 2.75) is 19.4 Å². The molecule has 0 saturated carbocycles. The van der Waals surface area contributed by atoms with Gasteiger partial charge in [0.05, 0.1) is 6.26 Å². The predicted molar refractivity (Wildman–Crippen MR) is 60.5 cm³/mol. The number of hydrogen-bond donors (Lipinski definition) is 2. The zero-order valence-corrected chi connectivity index (χ0v) is 10.4. The third kappa shape index (κ3) is 5.05. The van der Waals surface area contributed by atoms with Gasteiger partial charge in [0, 0.05) is 23.6 Å². The molecule has 0 aromatic carbocycles. The molecule has 8 heteroatoms. The highest BCUT2D eigenvalue weighted by Crippen LogP contribution is 2.10. The quantitative estimate of drug-likeness (QED) is 0.784. The maximum atomic E-state index is 11.0. The van der Waals surface area contributed by atoms with E-state index in [0.29, 0.717) is 11.7 Å². The van der Waals surface area contributed by atoms with Gasteiger partial charge in [0.1, 0.15) is 6.33 Å². The summed E-state index contributed by atoms with van der Waals surface area (Å²) >= 11 is 1.23. The molecule has 0 unspecified atom stereocenters. The van der Waals surface area contributed by atoms with Crippen molar-refractivity contribution >= 4 is 26.7 Å². The van der Waals surface area contributed by atoms with E-state index in [9.17, 15) is 8.42 Å². The Bertz CT molecular complexity index is 399. The molecule has 0 aliphatic carbocycles. The van der Waals surface area contributed by atoms with Gasteiger partial charge in [-0.05, 0) is 13.8 Å². The van der Waals surface area contributed by atoms with E-state index in [0.717, 1.165) is 6.26 Å². The molecule has 0 amide bonds. The van der Waals surface area contributed by atoms with Crippen LogP contribution in [0.15, 0.2) is 6.33 Å². The molecule has 0 radical (unpaired) electrons. The molecule has 1 rings (SSSR count). The highest BCUT2D eigenvalue weighted by Gasteiger charge is 2.21. The third-order valence-electron chi connectivity index (χ3n) is 1.50. The van der Waals surface area contributed by atoms with Crippen molar-refractivity contribution in [3.63, 3.8) is 0 Å². The lowest BCUT2D eigenvalue weighted by Gasteiger charge is -2.24. The van der Waals surface area contributed by atoms with Crippen molar-refractivity contribution in [3.8, 4) is 0 Å². The summed E-state index contributed by atoms with van der Waals surface area (Å²) in [7, 11) is -3.20. The van der Waals surface area contributed by atoms with Crippen LogP contribution < -0.4 is 10.0 Å². The zero-order valence-electron chi connectivity index (χ0n) is 8.81. The van der Waals surface area contributed by atoms with Crippen LogP contribution >= 0.6 is 11.5 Å². The molecule has 6 nitrogen and oxygen atoms in total. The van der Waals surface area contributed by atoms with Crippen molar-refractivity contribution in [1.29, 1.82) is 0 Å². The molecular formula is C7H14N4O2S2. The lowest BCUT2D eigenvalue weighted by molar-refractivity contribution is 0.476. The standard InChI is InChI=1S/C7H14N4O2S2/c1-7(2,11-15(3,12)13)4-8-6-9-5-10-14-6/h5,11H,4H2,1-3H3,(H,8,9,10). The molecule has 0 fully saturated rings. The highest BCUT2D eigenvalue weighted by molar-refractivity contribution is 7.88.